The minimum Gasteiger partial charge on any atom is -0.497 e. The van der Waals surface area contributed by atoms with Crippen LogP contribution in [0.5, 0.6) is 5.75 Å². The number of aliphatic imine (C=N–C) groups is 1. The Morgan fingerprint density at radius 3 is 2.53 bits per heavy atom. The van der Waals surface area contributed by atoms with Crippen molar-refractivity contribution >= 4 is 12.1 Å². The lowest BCUT2D eigenvalue weighted by Crippen LogP contribution is -2.49. The Morgan fingerprint density at radius 2 is 1.93 bits per heavy atom. The van der Waals surface area contributed by atoms with E-state index in [2.05, 4.69) is 17.4 Å². The number of hydrogen-bond acceptors (Lipinski definition) is 5. The van der Waals surface area contributed by atoms with Gasteiger partial charge in [0.1, 0.15) is 5.75 Å². The Labute approximate surface area is 178 Å². The second kappa shape index (κ2) is 10.5. The summed E-state index contributed by atoms with van der Waals surface area (Å²) in [5.41, 5.74) is 7.39. The third-order valence-corrected chi connectivity index (χ3v) is 6.08. The second-order valence-corrected chi connectivity index (χ2v) is 7.93. The number of carbonyl (C=O) groups excluding carboxylic acids is 1. The van der Waals surface area contributed by atoms with E-state index in [9.17, 15) is 4.79 Å². The van der Waals surface area contributed by atoms with Crippen molar-refractivity contribution in [1.82, 2.24) is 10.2 Å². The van der Waals surface area contributed by atoms with E-state index >= 15 is 0 Å². The van der Waals surface area contributed by atoms with Crippen molar-refractivity contribution in [3.05, 3.63) is 29.8 Å². The van der Waals surface area contributed by atoms with Crippen LogP contribution in [0.2, 0.25) is 0 Å². The summed E-state index contributed by atoms with van der Waals surface area (Å²) in [6.45, 7) is 5.61. The van der Waals surface area contributed by atoms with Gasteiger partial charge in [-0.05, 0) is 50.3 Å². The van der Waals surface area contributed by atoms with Crippen LogP contribution in [0, 0.1) is 0 Å². The summed E-state index contributed by atoms with van der Waals surface area (Å²) in [4.78, 5) is 18.3. The van der Waals surface area contributed by atoms with Gasteiger partial charge in [-0.1, -0.05) is 12.1 Å². The summed E-state index contributed by atoms with van der Waals surface area (Å²) < 4.78 is 16.0. The molecular formula is C22H34N4O4. The average molecular weight is 419 g/mol. The summed E-state index contributed by atoms with van der Waals surface area (Å²) in [7, 11) is 1.67. The number of hydrogen-bond donors (Lipinski definition) is 2. The van der Waals surface area contributed by atoms with Crippen molar-refractivity contribution < 1.29 is 19.0 Å². The molecule has 166 valence electrons. The van der Waals surface area contributed by atoms with Crippen molar-refractivity contribution in [2.45, 2.75) is 44.1 Å². The van der Waals surface area contributed by atoms with Gasteiger partial charge < -0.3 is 30.2 Å². The van der Waals surface area contributed by atoms with E-state index in [1.54, 1.807) is 12.0 Å². The number of nitrogens with two attached hydrogens (primary N) is 1. The first-order valence-corrected chi connectivity index (χ1v) is 10.8. The van der Waals surface area contributed by atoms with E-state index < -0.39 is 0 Å². The zero-order valence-corrected chi connectivity index (χ0v) is 18.1. The number of nitrogens with one attached hydrogen (secondary N) is 1. The lowest BCUT2D eigenvalue weighted by atomic mass is 9.74. The highest BCUT2D eigenvalue weighted by Gasteiger charge is 2.34. The van der Waals surface area contributed by atoms with Gasteiger partial charge in [0.2, 0.25) is 0 Å². The first kappa shape index (κ1) is 22.2. The van der Waals surface area contributed by atoms with Crippen molar-refractivity contribution in [2.24, 2.45) is 10.7 Å². The molecule has 3 rings (SSSR count). The van der Waals surface area contributed by atoms with Crippen LogP contribution < -0.4 is 15.8 Å². The summed E-state index contributed by atoms with van der Waals surface area (Å²) in [5.74, 6) is 1.31. The number of rotatable bonds is 6. The molecule has 8 nitrogen and oxygen atoms in total. The van der Waals surface area contributed by atoms with E-state index in [4.69, 9.17) is 24.9 Å². The molecule has 0 unspecified atom stereocenters. The minimum absolute atomic E-state index is 0.0793. The highest BCUT2D eigenvalue weighted by molar-refractivity contribution is 5.78. The maximum atomic E-state index is 11.8. The molecule has 0 bridgehead atoms. The van der Waals surface area contributed by atoms with Gasteiger partial charge in [-0.3, -0.25) is 4.99 Å². The van der Waals surface area contributed by atoms with E-state index in [-0.39, 0.29) is 17.6 Å². The van der Waals surface area contributed by atoms with Gasteiger partial charge in [0.15, 0.2) is 5.96 Å². The van der Waals surface area contributed by atoms with Crippen molar-refractivity contribution in [1.29, 1.82) is 0 Å². The molecule has 2 saturated heterocycles. The van der Waals surface area contributed by atoms with Gasteiger partial charge >= 0.3 is 6.09 Å². The smallest absolute Gasteiger partial charge is 0.409 e. The predicted octanol–water partition coefficient (Wildman–Crippen LogP) is 2.27. The second-order valence-electron chi connectivity index (χ2n) is 7.93. The lowest BCUT2D eigenvalue weighted by Gasteiger charge is -2.37. The van der Waals surface area contributed by atoms with Gasteiger partial charge in [0.25, 0.3) is 0 Å². The Morgan fingerprint density at radius 1 is 1.27 bits per heavy atom. The van der Waals surface area contributed by atoms with Crippen molar-refractivity contribution in [2.75, 3.05) is 46.6 Å². The number of methoxy groups -OCH3 is 1. The molecule has 0 radical (unpaired) electrons. The monoisotopic (exact) mass is 418 g/mol. The van der Waals surface area contributed by atoms with E-state index in [0.717, 1.165) is 44.6 Å². The van der Waals surface area contributed by atoms with E-state index in [1.165, 1.54) is 5.56 Å². The predicted molar refractivity (Wildman–Crippen MR) is 116 cm³/mol. The van der Waals surface area contributed by atoms with Gasteiger partial charge in [-0.2, -0.15) is 0 Å². The molecule has 1 aromatic carbocycles. The number of benzene rings is 1. The topological polar surface area (TPSA) is 98.4 Å². The van der Waals surface area contributed by atoms with Crippen LogP contribution in [0.3, 0.4) is 0 Å². The number of nitrogens with zero attached hydrogens (tertiary/aromatic N) is 2. The molecule has 0 atom stereocenters. The fraction of sp³-hybridized carbons (Fsp3) is 0.636. The Balaban J connectivity index is 1.58. The molecule has 2 aliphatic rings. The quantitative estimate of drug-likeness (QED) is 0.543. The number of amides is 1. The molecule has 8 heteroatoms. The van der Waals surface area contributed by atoms with E-state index in [1.807, 2.05) is 19.1 Å². The van der Waals surface area contributed by atoms with Gasteiger partial charge in [0.05, 0.1) is 20.3 Å². The molecule has 1 aromatic rings. The van der Waals surface area contributed by atoms with Crippen LogP contribution in [0.15, 0.2) is 29.3 Å². The molecular weight excluding hydrogens is 384 g/mol. The molecule has 2 fully saturated rings. The molecule has 0 spiro atoms. The first-order valence-electron chi connectivity index (χ1n) is 10.8. The van der Waals surface area contributed by atoms with Crippen LogP contribution in [-0.4, -0.2) is 69.6 Å². The SMILES string of the molecule is CCOC(=O)N1CCC(NC(N)=NCC2(c3ccc(OC)cc3)CCOCC2)CC1. The summed E-state index contributed by atoms with van der Waals surface area (Å²) in [6, 6.07) is 8.44. The fourth-order valence-corrected chi connectivity index (χ4v) is 4.16. The van der Waals surface area contributed by atoms with Crippen LogP contribution in [0.4, 0.5) is 4.79 Å². The molecule has 0 saturated carbocycles. The van der Waals surface area contributed by atoms with Crippen molar-refractivity contribution in [3.63, 3.8) is 0 Å². The van der Waals surface area contributed by atoms with Gasteiger partial charge in [-0.15, -0.1) is 0 Å². The summed E-state index contributed by atoms with van der Waals surface area (Å²) >= 11 is 0. The number of likely N-dealkylation sites (tertiary alicyclic amines) is 1. The van der Waals surface area contributed by atoms with Crippen LogP contribution >= 0.6 is 0 Å². The van der Waals surface area contributed by atoms with Gasteiger partial charge in [0, 0.05) is 37.8 Å². The Bertz CT molecular complexity index is 708. The maximum absolute atomic E-state index is 11.8. The number of guanidine groups is 1. The molecule has 2 heterocycles. The molecule has 3 N–H and O–H groups in total. The highest BCUT2D eigenvalue weighted by atomic mass is 16.6. The molecule has 2 aliphatic heterocycles. The Kier molecular flexibility index (Phi) is 7.79. The number of carbonyl (C=O) groups is 1. The van der Waals surface area contributed by atoms with Gasteiger partial charge in [-0.25, -0.2) is 4.79 Å². The third kappa shape index (κ3) is 5.56. The van der Waals surface area contributed by atoms with Crippen LogP contribution in [-0.2, 0) is 14.9 Å². The molecule has 0 aliphatic carbocycles. The van der Waals surface area contributed by atoms with Crippen molar-refractivity contribution in [3.8, 4) is 5.75 Å². The largest absolute Gasteiger partial charge is 0.497 e. The average Bonchev–Trinajstić information content (AvgIpc) is 2.79. The number of ether oxygens (including phenoxy) is 3. The van der Waals surface area contributed by atoms with E-state index in [0.29, 0.717) is 32.2 Å². The lowest BCUT2D eigenvalue weighted by molar-refractivity contribution is 0.0531. The van der Waals surface area contributed by atoms with Crippen LogP contribution in [0.1, 0.15) is 38.2 Å². The molecule has 30 heavy (non-hydrogen) atoms. The summed E-state index contributed by atoms with van der Waals surface area (Å²) in [6.07, 6.45) is 3.24. The zero-order chi connectivity index (χ0) is 21.4. The van der Waals surface area contributed by atoms with Crippen LogP contribution in [0.25, 0.3) is 0 Å². The highest BCUT2D eigenvalue weighted by Crippen LogP contribution is 2.36. The zero-order valence-electron chi connectivity index (χ0n) is 18.1. The fourth-order valence-electron chi connectivity index (χ4n) is 4.16. The third-order valence-electron chi connectivity index (χ3n) is 6.08. The maximum Gasteiger partial charge on any atom is 0.409 e. The number of piperidine rings is 1. The minimum atomic E-state index is -0.237. The molecule has 0 aromatic heterocycles. The Hall–Kier alpha value is -2.48. The molecule has 1 amide bonds. The first-order chi connectivity index (χ1) is 14.6. The normalized spacial score (nSPS) is 19.9. The standard InChI is InChI=1S/C22H34N4O4/c1-3-30-21(27)26-12-8-18(9-13-26)25-20(23)24-16-22(10-14-29-15-11-22)17-4-6-19(28-2)7-5-17/h4-7,18H,3,8-16H2,1-2H3,(H3,23,24,25). The summed E-state index contributed by atoms with van der Waals surface area (Å²) in [5, 5.41) is 3.33.